The molecular weight excluding hydrogens is 170 g/mol. The van der Waals surface area contributed by atoms with E-state index in [1.54, 1.807) is 11.3 Å². The van der Waals surface area contributed by atoms with Crippen molar-refractivity contribution in [2.75, 3.05) is 20.6 Å². The molecular formula is C9H15NOS. The standard InChI is InChI=1S/C9H15NOS/c1-10(2)5-3-9(11)8-4-6-12-7-8/h4,6-7,9,11H,3,5H2,1-2H3/t9-/m1/s1. The zero-order valence-corrected chi connectivity index (χ0v) is 8.34. The first-order valence-corrected chi connectivity index (χ1v) is 4.99. The Morgan fingerprint density at radius 1 is 1.58 bits per heavy atom. The Bertz CT molecular complexity index is 208. The molecule has 0 bridgehead atoms. The maximum Gasteiger partial charge on any atom is 0.0810 e. The van der Waals surface area contributed by atoms with E-state index in [2.05, 4.69) is 4.90 Å². The minimum Gasteiger partial charge on any atom is -0.388 e. The van der Waals surface area contributed by atoms with E-state index in [0.29, 0.717) is 0 Å². The fourth-order valence-corrected chi connectivity index (χ4v) is 1.72. The zero-order valence-electron chi connectivity index (χ0n) is 7.53. The molecule has 1 aromatic rings. The Morgan fingerprint density at radius 2 is 2.33 bits per heavy atom. The van der Waals surface area contributed by atoms with E-state index < -0.39 is 0 Å². The van der Waals surface area contributed by atoms with Crippen molar-refractivity contribution >= 4 is 11.3 Å². The van der Waals surface area contributed by atoms with Crippen molar-refractivity contribution < 1.29 is 5.11 Å². The molecule has 0 aliphatic heterocycles. The molecule has 0 saturated carbocycles. The molecule has 0 radical (unpaired) electrons. The molecule has 0 unspecified atom stereocenters. The lowest BCUT2D eigenvalue weighted by Crippen LogP contribution is -2.15. The lowest BCUT2D eigenvalue weighted by atomic mass is 10.1. The molecule has 0 spiro atoms. The van der Waals surface area contributed by atoms with Crippen LogP contribution in [0.1, 0.15) is 18.1 Å². The summed E-state index contributed by atoms with van der Waals surface area (Å²) >= 11 is 1.63. The van der Waals surface area contributed by atoms with Crippen molar-refractivity contribution in [1.29, 1.82) is 0 Å². The van der Waals surface area contributed by atoms with Crippen LogP contribution in [0.2, 0.25) is 0 Å². The third-order valence-corrected chi connectivity index (χ3v) is 2.48. The van der Waals surface area contributed by atoms with Gasteiger partial charge in [-0.05, 0) is 42.9 Å². The minimum atomic E-state index is -0.293. The average molecular weight is 185 g/mol. The summed E-state index contributed by atoms with van der Waals surface area (Å²) in [7, 11) is 4.03. The molecule has 0 fully saturated rings. The summed E-state index contributed by atoms with van der Waals surface area (Å²) in [6.45, 7) is 0.928. The van der Waals surface area contributed by atoms with Gasteiger partial charge >= 0.3 is 0 Å². The van der Waals surface area contributed by atoms with Gasteiger partial charge in [0.15, 0.2) is 0 Å². The lowest BCUT2D eigenvalue weighted by molar-refractivity contribution is 0.154. The second-order valence-electron chi connectivity index (χ2n) is 3.16. The molecule has 3 heteroatoms. The number of hydrogen-bond donors (Lipinski definition) is 1. The Morgan fingerprint density at radius 3 is 2.83 bits per heavy atom. The molecule has 68 valence electrons. The van der Waals surface area contributed by atoms with Gasteiger partial charge in [0.1, 0.15) is 0 Å². The predicted molar refractivity (Wildman–Crippen MR) is 52.4 cm³/mol. The average Bonchev–Trinajstić information content (AvgIpc) is 2.51. The molecule has 0 aromatic carbocycles. The summed E-state index contributed by atoms with van der Waals surface area (Å²) in [6.07, 6.45) is 0.516. The number of rotatable bonds is 4. The molecule has 1 N–H and O–H groups in total. The van der Waals surface area contributed by atoms with Crippen LogP contribution < -0.4 is 0 Å². The maximum absolute atomic E-state index is 9.64. The van der Waals surface area contributed by atoms with E-state index in [-0.39, 0.29) is 6.10 Å². The summed E-state index contributed by atoms with van der Waals surface area (Å²) < 4.78 is 0. The molecule has 1 heterocycles. The fourth-order valence-electron chi connectivity index (χ4n) is 1.01. The van der Waals surface area contributed by atoms with E-state index in [9.17, 15) is 5.11 Å². The van der Waals surface area contributed by atoms with E-state index in [1.807, 2.05) is 30.9 Å². The molecule has 1 rings (SSSR count). The van der Waals surface area contributed by atoms with E-state index in [4.69, 9.17) is 0 Å². The van der Waals surface area contributed by atoms with Gasteiger partial charge in [0.2, 0.25) is 0 Å². The van der Waals surface area contributed by atoms with Crippen LogP contribution in [-0.4, -0.2) is 30.6 Å². The van der Waals surface area contributed by atoms with Gasteiger partial charge in [-0.2, -0.15) is 11.3 Å². The number of thiophene rings is 1. The quantitative estimate of drug-likeness (QED) is 0.772. The highest BCUT2D eigenvalue weighted by molar-refractivity contribution is 7.07. The molecule has 12 heavy (non-hydrogen) atoms. The van der Waals surface area contributed by atoms with Gasteiger partial charge in [0.25, 0.3) is 0 Å². The topological polar surface area (TPSA) is 23.5 Å². The van der Waals surface area contributed by atoms with Crippen LogP contribution in [0.25, 0.3) is 0 Å². The van der Waals surface area contributed by atoms with Crippen molar-refractivity contribution in [1.82, 2.24) is 4.90 Å². The van der Waals surface area contributed by atoms with Gasteiger partial charge in [-0.15, -0.1) is 0 Å². The minimum absolute atomic E-state index is 0.293. The van der Waals surface area contributed by atoms with Crippen LogP contribution in [0.15, 0.2) is 16.8 Å². The van der Waals surface area contributed by atoms with Gasteiger partial charge in [0.05, 0.1) is 6.10 Å². The number of hydrogen-bond acceptors (Lipinski definition) is 3. The molecule has 0 saturated heterocycles. The monoisotopic (exact) mass is 185 g/mol. The lowest BCUT2D eigenvalue weighted by Gasteiger charge is -2.12. The fraction of sp³-hybridized carbons (Fsp3) is 0.556. The summed E-state index contributed by atoms with van der Waals surface area (Å²) in [4.78, 5) is 2.08. The molecule has 1 atom stereocenters. The van der Waals surface area contributed by atoms with Crippen molar-refractivity contribution in [2.24, 2.45) is 0 Å². The van der Waals surface area contributed by atoms with Gasteiger partial charge < -0.3 is 10.0 Å². The molecule has 0 aliphatic rings. The highest BCUT2D eigenvalue weighted by Crippen LogP contribution is 2.18. The molecule has 1 aromatic heterocycles. The third-order valence-electron chi connectivity index (χ3n) is 1.78. The van der Waals surface area contributed by atoms with E-state index >= 15 is 0 Å². The Hall–Kier alpha value is -0.380. The molecule has 2 nitrogen and oxygen atoms in total. The first kappa shape index (κ1) is 9.71. The van der Waals surface area contributed by atoms with Gasteiger partial charge in [0, 0.05) is 6.54 Å². The second kappa shape index (κ2) is 4.60. The Kier molecular flexibility index (Phi) is 3.72. The molecule has 0 amide bonds. The van der Waals surface area contributed by atoms with Gasteiger partial charge in [-0.1, -0.05) is 0 Å². The summed E-state index contributed by atoms with van der Waals surface area (Å²) in [5.41, 5.74) is 1.04. The van der Waals surface area contributed by atoms with Crippen LogP contribution in [-0.2, 0) is 0 Å². The highest BCUT2D eigenvalue weighted by Gasteiger charge is 2.07. The largest absolute Gasteiger partial charge is 0.388 e. The third kappa shape index (κ3) is 2.93. The summed E-state index contributed by atoms with van der Waals surface area (Å²) in [6, 6.07) is 1.98. The van der Waals surface area contributed by atoms with Crippen molar-refractivity contribution in [2.45, 2.75) is 12.5 Å². The van der Waals surface area contributed by atoms with Gasteiger partial charge in [-0.3, -0.25) is 0 Å². The van der Waals surface area contributed by atoms with E-state index in [0.717, 1.165) is 18.5 Å². The van der Waals surface area contributed by atoms with E-state index in [1.165, 1.54) is 0 Å². The van der Waals surface area contributed by atoms with Gasteiger partial charge in [-0.25, -0.2) is 0 Å². The number of aliphatic hydroxyl groups excluding tert-OH is 1. The summed E-state index contributed by atoms with van der Waals surface area (Å²) in [5, 5.41) is 13.6. The SMILES string of the molecule is CN(C)CC[C@@H](O)c1ccsc1. The number of aliphatic hydroxyl groups is 1. The van der Waals surface area contributed by atoms with Crippen LogP contribution in [0.3, 0.4) is 0 Å². The first-order valence-electron chi connectivity index (χ1n) is 4.05. The first-order chi connectivity index (χ1) is 5.70. The number of nitrogens with zero attached hydrogens (tertiary/aromatic N) is 1. The zero-order chi connectivity index (χ0) is 8.97. The highest BCUT2D eigenvalue weighted by atomic mass is 32.1. The smallest absolute Gasteiger partial charge is 0.0810 e. The Balaban J connectivity index is 2.34. The van der Waals surface area contributed by atoms with Crippen LogP contribution in [0.5, 0.6) is 0 Å². The summed E-state index contributed by atoms with van der Waals surface area (Å²) in [5.74, 6) is 0. The van der Waals surface area contributed by atoms with Crippen LogP contribution in [0, 0.1) is 0 Å². The van der Waals surface area contributed by atoms with Crippen molar-refractivity contribution in [3.63, 3.8) is 0 Å². The second-order valence-corrected chi connectivity index (χ2v) is 3.94. The van der Waals surface area contributed by atoms with Crippen molar-refractivity contribution in [3.05, 3.63) is 22.4 Å². The normalized spacial score (nSPS) is 13.7. The Labute approximate surface area is 77.5 Å². The van der Waals surface area contributed by atoms with Crippen molar-refractivity contribution in [3.8, 4) is 0 Å². The molecule has 0 aliphatic carbocycles. The maximum atomic E-state index is 9.64. The predicted octanol–water partition coefficient (Wildman–Crippen LogP) is 1.73. The van der Waals surface area contributed by atoms with Crippen LogP contribution in [0.4, 0.5) is 0 Å². The van der Waals surface area contributed by atoms with Crippen LogP contribution >= 0.6 is 11.3 Å².